The van der Waals surface area contributed by atoms with Crippen molar-refractivity contribution >= 4 is 17.8 Å². The fourth-order valence-electron chi connectivity index (χ4n) is 1.86. The van der Waals surface area contributed by atoms with Crippen LogP contribution in [0.25, 0.3) is 0 Å². The Morgan fingerprint density at radius 1 is 1.38 bits per heavy atom. The summed E-state index contributed by atoms with van der Waals surface area (Å²) in [4.78, 5) is 39.6. The number of carbonyl (C=O) groups excluding carboxylic acids is 3. The molecule has 82 valence electrons. The van der Waals surface area contributed by atoms with E-state index in [1.165, 1.54) is 14.2 Å². The van der Waals surface area contributed by atoms with Crippen LogP contribution < -0.4 is 0 Å². The molecule has 0 N–H and O–H groups in total. The number of carbonyl (C=O) groups is 2. The zero-order chi connectivity index (χ0) is 11.9. The molecule has 0 saturated heterocycles. The lowest BCUT2D eigenvalue weighted by molar-refractivity contribution is -0.955. The van der Waals surface area contributed by atoms with Crippen LogP contribution in [0.3, 0.4) is 0 Å². The summed E-state index contributed by atoms with van der Waals surface area (Å²) >= 11 is 0. The van der Waals surface area contributed by atoms with Crippen LogP contribution in [0, 0.1) is 0 Å². The Morgan fingerprint density at radius 3 is 2.62 bits per heavy atom. The molecule has 2 amide bonds. The molecule has 0 saturated carbocycles. The average Bonchev–Trinajstić information content (AvgIpc) is 2.52. The predicted molar refractivity (Wildman–Crippen MR) is 53.2 cm³/mol. The van der Waals surface area contributed by atoms with Crippen molar-refractivity contribution in [3.05, 3.63) is 28.9 Å². The lowest BCUT2D eigenvalue weighted by atomic mass is 9.95. The highest BCUT2D eigenvalue weighted by Gasteiger charge is 2.55. The van der Waals surface area contributed by atoms with Gasteiger partial charge in [-0.25, -0.2) is 14.4 Å². The van der Waals surface area contributed by atoms with Gasteiger partial charge in [-0.05, 0) is 6.08 Å². The molecule has 0 bridgehead atoms. The first-order valence-electron chi connectivity index (χ1n) is 4.73. The van der Waals surface area contributed by atoms with Gasteiger partial charge in [-0.2, -0.15) is 4.84 Å². The second-order valence-corrected chi connectivity index (χ2v) is 3.69. The van der Waals surface area contributed by atoms with Crippen LogP contribution in [0.4, 0.5) is 0 Å². The molecule has 1 aliphatic carbocycles. The molecule has 1 heterocycles. The van der Waals surface area contributed by atoms with Crippen LogP contribution >= 0.6 is 0 Å². The van der Waals surface area contributed by atoms with Gasteiger partial charge < -0.3 is 0 Å². The maximum atomic E-state index is 12.0. The van der Waals surface area contributed by atoms with Crippen LogP contribution in [0.15, 0.2) is 28.9 Å². The van der Waals surface area contributed by atoms with Gasteiger partial charge >= 0.3 is 11.8 Å². The standard InChI is InChI=1S/C11H10NO4/c1-12(16-2)10(14)8-5-3-4-7(6-13)9(8)11(12)15/h3,5H,4H2,1-2H3/q+1. The zero-order valence-corrected chi connectivity index (χ0v) is 8.94. The molecule has 5 nitrogen and oxygen atoms in total. The van der Waals surface area contributed by atoms with E-state index in [0.29, 0.717) is 6.42 Å². The highest BCUT2D eigenvalue weighted by Crippen LogP contribution is 2.35. The molecule has 2 aliphatic rings. The topological polar surface area (TPSA) is 60.4 Å². The molecule has 0 radical (unpaired) electrons. The summed E-state index contributed by atoms with van der Waals surface area (Å²) in [6.45, 7) is 0. The van der Waals surface area contributed by atoms with Crippen molar-refractivity contribution in [1.82, 2.24) is 0 Å². The van der Waals surface area contributed by atoms with Crippen LogP contribution in [-0.4, -0.2) is 36.6 Å². The first kappa shape index (κ1) is 10.7. The summed E-state index contributed by atoms with van der Waals surface area (Å²) in [6.07, 6.45) is 3.54. The Hall–Kier alpha value is -1.81. The maximum absolute atomic E-state index is 12.0. The molecular formula is C11H10NO4+. The number of quaternary nitrogens is 1. The third-order valence-electron chi connectivity index (χ3n) is 2.89. The van der Waals surface area contributed by atoms with Crippen molar-refractivity contribution < 1.29 is 23.9 Å². The summed E-state index contributed by atoms with van der Waals surface area (Å²) in [6, 6.07) is 0. The van der Waals surface area contributed by atoms with Crippen LogP contribution in [0.1, 0.15) is 6.42 Å². The summed E-state index contributed by atoms with van der Waals surface area (Å²) in [5.41, 5.74) is 0.598. The Labute approximate surface area is 91.8 Å². The molecule has 5 heteroatoms. The van der Waals surface area contributed by atoms with Crippen molar-refractivity contribution in [3.8, 4) is 0 Å². The molecule has 0 spiro atoms. The fraction of sp³-hybridized carbons (Fsp3) is 0.273. The van der Waals surface area contributed by atoms with E-state index in [0.717, 1.165) is 0 Å². The number of rotatable bonds is 1. The first-order chi connectivity index (χ1) is 7.56. The molecule has 1 aliphatic heterocycles. The van der Waals surface area contributed by atoms with Gasteiger partial charge in [0.2, 0.25) is 0 Å². The van der Waals surface area contributed by atoms with E-state index < -0.39 is 16.5 Å². The smallest absolute Gasteiger partial charge is 0.233 e. The molecule has 1 atom stereocenters. The van der Waals surface area contributed by atoms with Gasteiger partial charge in [0.25, 0.3) is 0 Å². The van der Waals surface area contributed by atoms with E-state index >= 15 is 0 Å². The number of amides is 2. The van der Waals surface area contributed by atoms with E-state index in [9.17, 15) is 14.4 Å². The molecule has 0 aromatic heterocycles. The van der Waals surface area contributed by atoms with Crippen molar-refractivity contribution in [2.75, 3.05) is 14.2 Å². The Kier molecular flexibility index (Phi) is 2.24. The molecular weight excluding hydrogens is 210 g/mol. The summed E-state index contributed by atoms with van der Waals surface area (Å²) in [7, 11) is 2.64. The number of nitrogens with zero attached hydrogens (tertiary/aromatic N) is 1. The molecule has 2 rings (SSSR count). The lowest BCUT2D eigenvalue weighted by Crippen LogP contribution is -2.49. The van der Waals surface area contributed by atoms with Gasteiger partial charge in [-0.15, -0.1) is 0 Å². The quantitative estimate of drug-likeness (QED) is 0.356. The second-order valence-electron chi connectivity index (χ2n) is 3.69. The summed E-state index contributed by atoms with van der Waals surface area (Å²) < 4.78 is -0.778. The van der Waals surface area contributed by atoms with Crippen LogP contribution in [-0.2, 0) is 19.2 Å². The summed E-state index contributed by atoms with van der Waals surface area (Å²) in [5.74, 6) is 0.745. The van der Waals surface area contributed by atoms with Crippen molar-refractivity contribution in [2.24, 2.45) is 0 Å². The minimum Gasteiger partial charge on any atom is -0.233 e. The van der Waals surface area contributed by atoms with E-state index in [2.05, 4.69) is 0 Å². The first-order valence-corrected chi connectivity index (χ1v) is 4.73. The highest BCUT2D eigenvalue weighted by atomic mass is 16.7. The number of hydrogen-bond acceptors (Lipinski definition) is 4. The second kappa shape index (κ2) is 3.35. The number of hydroxylamine groups is 3. The van der Waals surface area contributed by atoms with E-state index in [-0.39, 0.29) is 16.7 Å². The molecule has 0 aromatic rings. The largest absolute Gasteiger partial charge is 0.387 e. The van der Waals surface area contributed by atoms with Gasteiger partial charge in [-0.1, -0.05) is 10.7 Å². The maximum Gasteiger partial charge on any atom is 0.387 e. The van der Waals surface area contributed by atoms with E-state index in [1.54, 1.807) is 18.1 Å². The lowest BCUT2D eigenvalue weighted by Gasteiger charge is -2.18. The van der Waals surface area contributed by atoms with Crippen molar-refractivity contribution in [2.45, 2.75) is 6.42 Å². The third kappa shape index (κ3) is 1.10. The fourth-order valence-corrected chi connectivity index (χ4v) is 1.86. The Morgan fingerprint density at radius 2 is 2.06 bits per heavy atom. The summed E-state index contributed by atoms with van der Waals surface area (Å²) in [5, 5.41) is 0. The predicted octanol–water partition coefficient (Wildman–Crippen LogP) is 0.0757. The number of likely N-dealkylation sites (N-methyl/N-ethyl adjacent to an activating group) is 1. The van der Waals surface area contributed by atoms with Crippen molar-refractivity contribution in [1.29, 1.82) is 0 Å². The monoisotopic (exact) mass is 220 g/mol. The van der Waals surface area contributed by atoms with Crippen LogP contribution in [0.5, 0.6) is 0 Å². The highest BCUT2D eigenvalue weighted by molar-refractivity contribution is 6.16. The van der Waals surface area contributed by atoms with Gasteiger partial charge in [-0.3, -0.25) is 0 Å². The minimum atomic E-state index is -0.778. The van der Waals surface area contributed by atoms with Crippen LogP contribution in [0.2, 0.25) is 0 Å². The van der Waals surface area contributed by atoms with Gasteiger partial charge in [0.1, 0.15) is 24.1 Å². The zero-order valence-electron chi connectivity index (χ0n) is 8.94. The van der Waals surface area contributed by atoms with E-state index in [4.69, 9.17) is 4.84 Å². The minimum absolute atomic E-state index is 0.145. The van der Waals surface area contributed by atoms with E-state index in [1.807, 2.05) is 0 Å². The SMILES string of the molecule is CO[N+]1(C)C(=O)C2=C(C1=O)C(=C=O)CC=C2. The van der Waals surface area contributed by atoms with Gasteiger partial charge in [0, 0.05) is 6.42 Å². The Balaban J connectivity index is 2.65. The third-order valence-corrected chi connectivity index (χ3v) is 2.89. The Bertz CT molecular complexity index is 508. The number of hydrogen-bond donors (Lipinski definition) is 0. The molecule has 16 heavy (non-hydrogen) atoms. The number of allylic oxidation sites excluding steroid dienone is 1. The van der Waals surface area contributed by atoms with Crippen molar-refractivity contribution in [3.63, 3.8) is 0 Å². The normalized spacial score (nSPS) is 28.5. The molecule has 0 fully saturated rings. The molecule has 0 aromatic carbocycles. The molecule has 1 unspecified atom stereocenters. The number of imide groups is 1. The van der Waals surface area contributed by atoms with Gasteiger partial charge in [0.05, 0.1) is 12.7 Å². The van der Waals surface area contributed by atoms with Gasteiger partial charge in [0.15, 0.2) is 0 Å². The average molecular weight is 220 g/mol.